The molecular weight excluding hydrogens is 316 g/mol. The molecule has 2 aromatic carbocycles. The van der Waals surface area contributed by atoms with Crippen LogP contribution in [0, 0.1) is 0 Å². The summed E-state index contributed by atoms with van der Waals surface area (Å²) >= 11 is 2.00. The van der Waals surface area contributed by atoms with Crippen LogP contribution >= 0.6 is 21.4 Å². The first-order chi connectivity index (χ1) is 11.0. The maximum absolute atomic E-state index is 2.48. The van der Waals surface area contributed by atoms with Crippen LogP contribution in [0.5, 0.6) is 0 Å². The Kier molecular flexibility index (Phi) is 3.44. The molecule has 0 saturated heterocycles. The minimum atomic E-state index is -0.929. The number of rotatable bonds is 2. The number of hydrogen-bond acceptors (Lipinski definition) is 1. The molecule has 0 aliphatic heterocycles. The highest BCUT2D eigenvalue weighted by atomic mass is 32.3. The molecule has 1 unspecified atom stereocenters. The summed E-state index contributed by atoms with van der Waals surface area (Å²) in [5.74, 6) is 0. The average Bonchev–Trinajstić information content (AvgIpc) is 3.04. The topological polar surface area (TPSA) is 0 Å². The van der Waals surface area contributed by atoms with E-state index in [0.29, 0.717) is 5.25 Å². The van der Waals surface area contributed by atoms with E-state index in [1.165, 1.54) is 26.1 Å². The van der Waals surface area contributed by atoms with Crippen LogP contribution < -0.4 is 0 Å². The third kappa shape index (κ3) is 2.12. The molecule has 1 aliphatic rings. The van der Waals surface area contributed by atoms with Crippen LogP contribution in [0.3, 0.4) is 0 Å². The van der Waals surface area contributed by atoms with Crippen LogP contribution in [-0.4, -0.2) is 12.5 Å². The molecule has 0 saturated carbocycles. The maximum Gasteiger partial charge on any atom is 0.0487 e. The van der Waals surface area contributed by atoms with E-state index in [1.54, 1.807) is 10.5 Å². The normalized spacial score (nSPS) is 18.5. The quantitative estimate of drug-likeness (QED) is 0.478. The zero-order chi connectivity index (χ0) is 16.2. The molecule has 0 spiro atoms. The van der Waals surface area contributed by atoms with E-state index in [2.05, 4.69) is 81.0 Å². The van der Waals surface area contributed by atoms with Crippen LogP contribution in [0.2, 0.25) is 0 Å². The number of fused-ring (bicyclic) bond motifs is 3. The van der Waals surface area contributed by atoms with Crippen molar-refractivity contribution in [1.29, 1.82) is 0 Å². The first-order valence-electron chi connectivity index (χ1n) is 7.98. The molecule has 1 atom stereocenters. The minimum Gasteiger partial charge on any atom is -0.209 e. The lowest BCUT2D eigenvalue weighted by atomic mass is 10.1. The molecule has 0 nitrogen and oxygen atoms in total. The van der Waals surface area contributed by atoms with Crippen molar-refractivity contribution in [1.82, 2.24) is 0 Å². The second-order valence-corrected chi connectivity index (χ2v) is 11.6. The Labute approximate surface area is 144 Å². The Balaban J connectivity index is 1.96. The second-order valence-electron chi connectivity index (χ2n) is 6.74. The number of thiophene rings is 1. The summed E-state index contributed by atoms with van der Waals surface area (Å²) in [5.41, 5.74) is 4.59. The highest BCUT2D eigenvalue weighted by molar-refractivity contribution is 8.33. The van der Waals surface area contributed by atoms with E-state index >= 15 is 0 Å². The fourth-order valence-electron chi connectivity index (χ4n) is 3.84. The van der Waals surface area contributed by atoms with E-state index in [-0.39, 0.29) is 0 Å². The Hall–Kier alpha value is -1.51. The van der Waals surface area contributed by atoms with Gasteiger partial charge in [0, 0.05) is 25.8 Å². The Morgan fingerprint density at radius 1 is 0.870 bits per heavy atom. The molecule has 1 heterocycles. The Morgan fingerprint density at radius 2 is 1.52 bits per heavy atom. The fourth-order valence-corrected chi connectivity index (χ4v) is 8.87. The van der Waals surface area contributed by atoms with E-state index in [0.717, 1.165) is 0 Å². The summed E-state index contributed by atoms with van der Waals surface area (Å²) in [6, 6.07) is 20.0. The zero-order valence-electron chi connectivity index (χ0n) is 14.1. The zero-order valence-corrected chi connectivity index (χ0v) is 15.7. The van der Waals surface area contributed by atoms with E-state index < -0.39 is 10.0 Å². The molecule has 118 valence electrons. The Bertz CT molecular complexity index is 913. The third-order valence-electron chi connectivity index (χ3n) is 5.16. The summed E-state index contributed by atoms with van der Waals surface area (Å²) in [7, 11) is -0.929. The Morgan fingerprint density at radius 3 is 2.26 bits per heavy atom. The molecule has 4 rings (SSSR count). The molecule has 0 radical (unpaired) electrons. The number of hydrogen-bond donors (Lipinski definition) is 0. The highest BCUT2D eigenvalue weighted by Gasteiger charge is 2.38. The van der Waals surface area contributed by atoms with Crippen molar-refractivity contribution in [2.75, 3.05) is 12.5 Å². The van der Waals surface area contributed by atoms with Gasteiger partial charge < -0.3 is 0 Å². The van der Waals surface area contributed by atoms with Crippen molar-refractivity contribution in [3.8, 4) is 0 Å². The SMILES string of the molecule is CC1=C(C)C(S(C)(C)c2ccccc2)c2sc3ccccc3c21. The van der Waals surface area contributed by atoms with Crippen molar-refractivity contribution >= 4 is 37.0 Å². The number of allylic oxidation sites excluding steroid dienone is 1. The first kappa shape index (κ1) is 15.0. The van der Waals surface area contributed by atoms with Crippen molar-refractivity contribution in [3.63, 3.8) is 0 Å². The lowest BCUT2D eigenvalue weighted by molar-refractivity contribution is 1.15. The lowest BCUT2D eigenvalue weighted by Gasteiger charge is -2.39. The standard InChI is InChI=1S/C21H22S2/c1-14-15(2)21(23(3,4)16-10-6-5-7-11-16)20-19(14)17-12-8-9-13-18(17)22-20/h5-13,21H,1-4H3. The van der Waals surface area contributed by atoms with E-state index in [9.17, 15) is 0 Å². The summed E-state index contributed by atoms with van der Waals surface area (Å²) in [5, 5.41) is 1.99. The van der Waals surface area contributed by atoms with Crippen LogP contribution in [0.4, 0.5) is 0 Å². The van der Waals surface area contributed by atoms with Gasteiger partial charge in [0.2, 0.25) is 0 Å². The largest absolute Gasteiger partial charge is 0.209 e. The molecule has 1 aromatic heterocycles. The predicted molar refractivity (Wildman–Crippen MR) is 107 cm³/mol. The summed E-state index contributed by atoms with van der Waals surface area (Å²) in [6.45, 7) is 4.66. The van der Waals surface area contributed by atoms with Gasteiger partial charge in [-0.25, -0.2) is 10.0 Å². The highest BCUT2D eigenvalue weighted by Crippen LogP contribution is 2.68. The molecule has 1 aliphatic carbocycles. The van der Waals surface area contributed by atoms with Gasteiger partial charge in [0.15, 0.2) is 0 Å². The van der Waals surface area contributed by atoms with Gasteiger partial charge in [0.05, 0.1) is 0 Å². The van der Waals surface area contributed by atoms with Gasteiger partial charge in [0.25, 0.3) is 0 Å². The summed E-state index contributed by atoms with van der Waals surface area (Å²) < 4.78 is 1.43. The second kappa shape index (κ2) is 5.25. The molecule has 0 N–H and O–H groups in total. The molecule has 0 bridgehead atoms. The third-order valence-corrected chi connectivity index (χ3v) is 9.80. The van der Waals surface area contributed by atoms with Crippen LogP contribution in [-0.2, 0) is 0 Å². The van der Waals surface area contributed by atoms with Gasteiger partial charge >= 0.3 is 0 Å². The van der Waals surface area contributed by atoms with Gasteiger partial charge in [0.1, 0.15) is 0 Å². The van der Waals surface area contributed by atoms with E-state index in [4.69, 9.17) is 0 Å². The van der Waals surface area contributed by atoms with Crippen molar-refractivity contribution in [2.45, 2.75) is 24.0 Å². The number of benzene rings is 2. The summed E-state index contributed by atoms with van der Waals surface area (Å²) in [4.78, 5) is 3.09. The molecule has 23 heavy (non-hydrogen) atoms. The minimum absolute atomic E-state index is 0.553. The first-order valence-corrected chi connectivity index (χ1v) is 11.3. The molecular formula is C21H22S2. The van der Waals surface area contributed by atoms with Crippen LogP contribution in [0.1, 0.15) is 29.5 Å². The molecule has 0 fully saturated rings. The van der Waals surface area contributed by atoms with Crippen molar-refractivity contribution in [3.05, 3.63) is 70.6 Å². The van der Waals surface area contributed by atoms with Gasteiger partial charge in [-0.2, -0.15) is 0 Å². The fraction of sp³-hybridized carbons (Fsp3) is 0.238. The van der Waals surface area contributed by atoms with Gasteiger partial charge in [-0.3, -0.25) is 0 Å². The van der Waals surface area contributed by atoms with Crippen LogP contribution in [0.25, 0.3) is 15.7 Å². The smallest absolute Gasteiger partial charge is 0.0487 e. The van der Waals surface area contributed by atoms with Crippen molar-refractivity contribution in [2.24, 2.45) is 0 Å². The van der Waals surface area contributed by atoms with Crippen molar-refractivity contribution < 1.29 is 0 Å². The van der Waals surface area contributed by atoms with Gasteiger partial charge in [-0.1, -0.05) is 54.1 Å². The molecule has 0 amide bonds. The average molecular weight is 339 g/mol. The van der Waals surface area contributed by atoms with Gasteiger partial charge in [-0.15, -0.1) is 11.3 Å². The van der Waals surface area contributed by atoms with E-state index in [1.807, 2.05) is 11.3 Å². The monoisotopic (exact) mass is 338 g/mol. The predicted octanol–water partition coefficient (Wildman–Crippen LogP) is 6.87. The summed E-state index contributed by atoms with van der Waals surface area (Å²) in [6.07, 6.45) is 4.95. The van der Waals surface area contributed by atoms with Gasteiger partial charge in [-0.05, 0) is 42.9 Å². The molecule has 2 heteroatoms. The van der Waals surface area contributed by atoms with Crippen LogP contribution in [0.15, 0.2) is 65.1 Å². The lowest BCUT2D eigenvalue weighted by Crippen LogP contribution is -2.08. The molecule has 3 aromatic rings. The maximum atomic E-state index is 2.48.